The van der Waals surface area contributed by atoms with Crippen LogP contribution in [-0.4, -0.2) is 20.1 Å². The van der Waals surface area contributed by atoms with Crippen LogP contribution in [0.4, 0.5) is 5.69 Å². The molecule has 0 radical (unpaired) electrons. The van der Waals surface area contributed by atoms with Crippen molar-refractivity contribution in [1.82, 2.24) is 0 Å². The molecule has 2 aromatic carbocycles. The molecule has 0 aliphatic rings. The molecule has 0 saturated carbocycles. The van der Waals surface area contributed by atoms with Gasteiger partial charge in [-0.05, 0) is 42.5 Å². The zero-order chi connectivity index (χ0) is 16.2. The van der Waals surface area contributed by atoms with E-state index in [-0.39, 0.29) is 5.91 Å². The minimum atomic E-state index is -0.116. The number of benzene rings is 2. The summed E-state index contributed by atoms with van der Waals surface area (Å²) in [4.78, 5) is 13.8. The third-order valence-electron chi connectivity index (χ3n) is 3.61. The van der Waals surface area contributed by atoms with Crippen molar-refractivity contribution >= 4 is 28.6 Å². The molecule has 23 heavy (non-hydrogen) atoms. The van der Waals surface area contributed by atoms with E-state index in [2.05, 4.69) is 0 Å². The van der Waals surface area contributed by atoms with Gasteiger partial charge in [-0.25, -0.2) is 0 Å². The molecule has 1 heterocycles. The largest absolute Gasteiger partial charge is 0.497 e. The summed E-state index contributed by atoms with van der Waals surface area (Å²) in [6, 6.07) is 17.0. The Bertz CT molecular complexity index is 849. The fraction of sp³-hybridized carbons (Fsp3) is 0.105. The van der Waals surface area contributed by atoms with E-state index in [0.717, 1.165) is 22.4 Å². The van der Waals surface area contributed by atoms with Crippen LogP contribution in [0.25, 0.3) is 17.0 Å². The summed E-state index contributed by atoms with van der Waals surface area (Å²) < 4.78 is 10.9. The first kappa shape index (κ1) is 14.9. The second kappa shape index (κ2) is 6.40. The molecule has 0 spiro atoms. The highest BCUT2D eigenvalue weighted by Crippen LogP contribution is 2.24. The van der Waals surface area contributed by atoms with Crippen LogP contribution in [0.3, 0.4) is 0 Å². The van der Waals surface area contributed by atoms with Crippen LogP contribution in [0.2, 0.25) is 0 Å². The minimum Gasteiger partial charge on any atom is -0.497 e. The number of hydrogen-bond acceptors (Lipinski definition) is 3. The maximum atomic E-state index is 12.2. The summed E-state index contributed by atoms with van der Waals surface area (Å²) in [7, 11) is 3.37. The lowest BCUT2D eigenvalue weighted by Gasteiger charge is -2.14. The normalized spacial score (nSPS) is 11.0. The monoisotopic (exact) mass is 307 g/mol. The van der Waals surface area contributed by atoms with Gasteiger partial charge < -0.3 is 14.1 Å². The number of fused-ring (bicyclic) bond motifs is 1. The highest BCUT2D eigenvalue weighted by molar-refractivity contribution is 6.03. The van der Waals surface area contributed by atoms with Gasteiger partial charge in [0.15, 0.2) is 0 Å². The van der Waals surface area contributed by atoms with E-state index < -0.39 is 0 Å². The van der Waals surface area contributed by atoms with Crippen LogP contribution in [0.1, 0.15) is 5.76 Å². The third kappa shape index (κ3) is 3.26. The van der Waals surface area contributed by atoms with Crippen LogP contribution in [-0.2, 0) is 4.79 Å². The molecule has 1 amide bonds. The summed E-state index contributed by atoms with van der Waals surface area (Å²) in [5.41, 5.74) is 1.60. The van der Waals surface area contributed by atoms with Crippen molar-refractivity contribution in [2.24, 2.45) is 0 Å². The molecule has 4 nitrogen and oxygen atoms in total. The van der Waals surface area contributed by atoms with Gasteiger partial charge in [0, 0.05) is 24.2 Å². The fourth-order valence-electron chi connectivity index (χ4n) is 2.30. The molecule has 0 saturated heterocycles. The molecule has 0 aliphatic heterocycles. The van der Waals surface area contributed by atoms with E-state index in [4.69, 9.17) is 9.15 Å². The number of carbonyl (C=O) groups excluding carboxylic acids is 1. The molecule has 0 N–H and O–H groups in total. The van der Waals surface area contributed by atoms with Gasteiger partial charge in [-0.15, -0.1) is 0 Å². The number of nitrogens with zero attached hydrogens (tertiary/aromatic N) is 1. The Kier molecular flexibility index (Phi) is 4.15. The van der Waals surface area contributed by atoms with E-state index in [9.17, 15) is 4.79 Å². The number of amides is 1. The highest BCUT2D eigenvalue weighted by Gasteiger charge is 2.08. The van der Waals surface area contributed by atoms with E-state index in [1.807, 2.05) is 54.6 Å². The Morgan fingerprint density at radius 1 is 1.13 bits per heavy atom. The lowest BCUT2D eigenvalue weighted by molar-refractivity contribution is -0.113. The average Bonchev–Trinajstić information content (AvgIpc) is 3.01. The van der Waals surface area contributed by atoms with Gasteiger partial charge in [0.1, 0.15) is 17.1 Å². The molecule has 0 atom stereocenters. The van der Waals surface area contributed by atoms with E-state index in [1.165, 1.54) is 6.08 Å². The fourth-order valence-corrected chi connectivity index (χ4v) is 2.30. The number of ether oxygens (including phenoxy) is 1. The number of rotatable bonds is 4. The number of methoxy groups -OCH3 is 1. The lowest BCUT2D eigenvalue weighted by atomic mass is 10.2. The second-order valence-corrected chi connectivity index (χ2v) is 5.12. The number of para-hydroxylation sites is 1. The van der Waals surface area contributed by atoms with Gasteiger partial charge in [-0.2, -0.15) is 0 Å². The molecule has 0 fully saturated rings. The van der Waals surface area contributed by atoms with Crippen molar-refractivity contribution in [3.63, 3.8) is 0 Å². The molecule has 0 unspecified atom stereocenters. The van der Waals surface area contributed by atoms with Gasteiger partial charge in [0.25, 0.3) is 5.91 Å². The molecule has 1 aromatic heterocycles. The van der Waals surface area contributed by atoms with Crippen LogP contribution in [0.5, 0.6) is 5.75 Å². The van der Waals surface area contributed by atoms with E-state index in [0.29, 0.717) is 5.76 Å². The summed E-state index contributed by atoms with van der Waals surface area (Å²) in [5, 5.41) is 0.938. The maximum Gasteiger partial charge on any atom is 0.250 e. The zero-order valence-electron chi connectivity index (χ0n) is 13.0. The number of furan rings is 1. The zero-order valence-corrected chi connectivity index (χ0v) is 13.0. The predicted molar refractivity (Wildman–Crippen MR) is 91.7 cm³/mol. The SMILES string of the molecule is COc1ccc2oc(/C=C/C(=O)N(C)c3ccccc3)cc2c1. The molecule has 3 aromatic rings. The van der Waals surface area contributed by atoms with E-state index in [1.54, 1.807) is 25.1 Å². The number of hydrogen-bond donors (Lipinski definition) is 0. The van der Waals surface area contributed by atoms with Crippen molar-refractivity contribution in [3.05, 3.63) is 66.4 Å². The molecule has 0 aliphatic carbocycles. The van der Waals surface area contributed by atoms with Crippen molar-refractivity contribution in [2.45, 2.75) is 0 Å². The Balaban J connectivity index is 1.78. The molecule has 4 heteroatoms. The lowest BCUT2D eigenvalue weighted by Crippen LogP contribution is -2.23. The standard InChI is InChI=1S/C19H17NO3/c1-20(15-6-4-3-5-7-15)19(21)11-9-17-13-14-12-16(22-2)8-10-18(14)23-17/h3-13H,1-2H3/b11-9+. The number of likely N-dealkylation sites (N-methyl/N-ethyl adjacent to an activating group) is 1. The summed E-state index contributed by atoms with van der Waals surface area (Å²) in [5.74, 6) is 1.28. The highest BCUT2D eigenvalue weighted by atomic mass is 16.5. The molecule has 116 valence electrons. The van der Waals surface area contributed by atoms with Gasteiger partial charge in [-0.3, -0.25) is 4.79 Å². The molecular formula is C19H17NO3. The van der Waals surface area contributed by atoms with Crippen molar-refractivity contribution in [3.8, 4) is 5.75 Å². The molecular weight excluding hydrogens is 290 g/mol. The van der Waals surface area contributed by atoms with Crippen molar-refractivity contribution < 1.29 is 13.9 Å². The van der Waals surface area contributed by atoms with Gasteiger partial charge in [-0.1, -0.05) is 18.2 Å². The maximum absolute atomic E-state index is 12.2. The smallest absolute Gasteiger partial charge is 0.250 e. The van der Waals surface area contributed by atoms with Crippen LogP contribution < -0.4 is 9.64 Å². The summed E-state index contributed by atoms with van der Waals surface area (Å²) >= 11 is 0. The van der Waals surface area contributed by atoms with Gasteiger partial charge >= 0.3 is 0 Å². The molecule has 3 rings (SSSR count). The number of carbonyl (C=O) groups is 1. The van der Waals surface area contributed by atoms with Gasteiger partial charge in [0.2, 0.25) is 0 Å². The number of anilines is 1. The van der Waals surface area contributed by atoms with Crippen molar-refractivity contribution in [1.29, 1.82) is 0 Å². The Morgan fingerprint density at radius 2 is 1.91 bits per heavy atom. The summed E-state index contributed by atoms with van der Waals surface area (Å²) in [6.45, 7) is 0. The first-order valence-corrected chi connectivity index (χ1v) is 7.26. The minimum absolute atomic E-state index is 0.116. The summed E-state index contributed by atoms with van der Waals surface area (Å²) in [6.07, 6.45) is 3.18. The average molecular weight is 307 g/mol. The first-order valence-electron chi connectivity index (χ1n) is 7.26. The molecule has 0 bridgehead atoms. The predicted octanol–water partition coefficient (Wildman–Crippen LogP) is 4.12. The Hall–Kier alpha value is -3.01. The van der Waals surface area contributed by atoms with Crippen LogP contribution in [0.15, 0.2) is 65.1 Å². The first-order chi connectivity index (χ1) is 11.2. The van der Waals surface area contributed by atoms with Crippen molar-refractivity contribution in [2.75, 3.05) is 19.1 Å². The van der Waals surface area contributed by atoms with Crippen LogP contribution >= 0.6 is 0 Å². The second-order valence-electron chi connectivity index (χ2n) is 5.12. The van der Waals surface area contributed by atoms with E-state index >= 15 is 0 Å². The Morgan fingerprint density at radius 3 is 2.65 bits per heavy atom. The third-order valence-corrected chi connectivity index (χ3v) is 3.61. The van der Waals surface area contributed by atoms with Crippen LogP contribution in [0, 0.1) is 0 Å². The Labute approximate surface area is 134 Å². The topological polar surface area (TPSA) is 42.7 Å². The van der Waals surface area contributed by atoms with Gasteiger partial charge in [0.05, 0.1) is 7.11 Å². The quantitative estimate of drug-likeness (QED) is 0.681.